The lowest BCUT2D eigenvalue weighted by Crippen LogP contribution is -2.12. The Labute approximate surface area is 232 Å². The Kier molecular flexibility index (Phi) is 6.63. The molecule has 0 saturated carbocycles. The minimum atomic E-state index is -0.526. The Morgan fingerprint density at radius 3 is 2.52 bits per heavy atom. The third kappa shape index (κ3) is 5.10. The summed E-state index contributed by atoms with van der Waals surface area (Å²) in [6.07, 6.45) is 3.45. The van der Waals surface area contributed by atoms with Crippen molar-refractivity contribution in [1.82, 2.24) is 19.6 Å². The molecule has 10 heteroatoms. The number of aromatic nitrogens is 4. The van der Waals surface area contributed by atoms with Gasteiger partial charge in [0.2, 0.25) is 5.95 Å². The number of hydrogen-bond donors (Lipinski definition) is 2. The van der Waals surface area contributed by atoms with Gasteiger partial charge in [-0.1, -0.05) is 35.9 Å². The quantitative estimate of drug-likeness (QED) is 0.225. The van der Waals surface area contributed by atoms with E-state index in [1.165, 1.54) is 24.3 Å². The number of nitrogens with one attached hydrogen (secondary N) is 2. The highest BCUT2D eigenvalue weighted by atomic mass is 35.5. The van der Waals surface area contributed by atoms with Gasteiger partial charge < -0.3 is 10.6 Å². The van der Waals surface area contributed by atoms with E-state index in [4.69, 9.17) is 21.7 Å². The molecule has 0 bridgehead atoms. The van der Waals surface area contributed by atoms with Gasteiger partial charge in [-0.25, -0.2) is 23.3 Å². The van der Waals surface area contributed by atoms with Crippen molar-refractivity contribution in [3.63, 3.8) is 0 Å². The molecule has 0 radical (unpaired) electrons. The molecule has 0 atom stereocenters. The fourth-order valence-corrected chi connectivity index (χ4v) is 4.58. The van der Waals surface area contributed by atoms with Crippen LogP contribution in [0.4, 0.5) is 26.1 Å². The van der Waals surface area contributed by atoms with Crippen molar-refractivity contribution in [2.45, 2.75) is 0 Å². The lowest BCUT2D eigenvalue weighted by Gasteiger charge is -2.10. The van der Waals surface area contributed by atoms with Gasteiger partial charge in [0.05, 0.1) is 27.4 Å². The maximum atomic E-state index is 13.7. The monoisotopic (exact) mass is 552 g/mol. The molecule has 0 fully saturated rings. The van der Waals surface area contributed by atoms with Crippen LogP contribution in [0.25, 0.3) is 28.0 Å². The molecule has 6 aromatic rings. The molecular formula is C30H19ClF2N6O. The normalized spacial score (nSPS) is 11.0. The van der Waals surface area contributed by atoms with E-state index in [0.29, 0.717) is 28.7 Å². The van der Waals surface area contributed by atoms with Crippen LogP contribution in [-0.2, 0) is 0 Å². The van der Waals surface area contributed by atoms with Crippen molar-refractivity contribution in [3.05, 3.63) is 126 Å². The summed E-state index contributed by atoms with van der Waals surface area (Å²) in [6.45, 7) is 0. The second-order valence-electron chi connectivity index (χ2n) is 8.81. The maximum absolute atomic E-state index is 13.7. The molecule has 1 amide bonds. The first-order valence-corrected chi connectivity index (χ1v) is 12.5. The number of rotatable bonds is 6. The predicted octanol–water partition coefficient (Wildman–Crippen LogP) is 7.39. The Balaban J connectivity index is 1.38. The van der Waals surface area contributed by atoms with Gasteiger partial charge in [-0.3, -0.25) is 4.79 Å². The van der Waals surface area contributed by atoms with E-state index < -0.39 is 11.7 Å². The van der Waals surface area contributed by atoms with Crippen LogP contribution in [0.5, 0.6) is 0 Å². The number of pyridine rings is 1. The van der Waals surface area contributed by atoms with E-state index in [9.17, 15) is 13.6 Å². The van der Waals surface area contributed by atoms with E-state index in [-0.39, 0.29) is 16.4 Å². The van der Waals surface area contributed by atoms with Crippen LogP contribution in [0.15, 0.2) is 103 Å². The van der Waals surface area contributed by atoms with Gasteiger partial charge in [0, 0.05) is 29.3 Å². The largest absolute Gasteiger partial charge is 0.324 e. The number of anilines is 3. The third-order valence-corrected chi connectivity index (χ3v) is 6.41. The number of carbonyl (C=O) groups excluding carboxylic acids is 1. The van der Waals surface area contributed by atoms with Gasteiger partial charge in [-0.05, 0) is 66.7 Å². The minimum Gasteiger partial charge on any atom is -0.324 e. The second-order valence-corrected chi connectivity index (χ2v) is 9.22. The Hall–Kier alpha value is -5.15. The number of halogens is 3. The molecule has 0 saturated heterocycles. The molecule has 3 aromatic carbocycles. The third-order valence-electron chi connectivity index (χ3n) is 6.10. The van der Waals surface area contributed by atoms with Crippen molar-refractivity contribution >= 4 is 40.3 Å². The first-order chi connectivity index (χ1) is 19.4. The Bertz CT molecular complexity index is 1890. The molecule has 3 aromatic heterocycles. The zero-order valence-electron chi connectivity index (χ0n) is 20.6. The smallest absolute Gasteiger partial charge is 0.257 e. The summed E-state index contributed by atoms with van der Waals surface area (Å²) in [5.74, 6) is -1.08. The number of hydrogen-bond acceptors (Lipinski definition) is 5. The number of amides is 1. The Morgan fingerprint density at radius 2 is 1.68 bits per heavy atom. The zero-order valence-corrected chi connectivity index (χ0v) is 21.4. The summed E-state index contributed by atoms with van der Waals surface area (Å²) < 4.78 is 28.9. The van der Waals surface area contributed by atoms with Crippen LogP contribution in [0.2, 0.25) is 5.02 Å². The summed E-state index contributed by atoms with van der Waals surface area (Å²) in [6, 6.07) is 24.3. The molecule has 3 heterocycles. The van der Waals surface area contributed by atoms with Crippen LogP contribution in [0.3, 0.4) is 0 Å². The number of nitrogens with zero attached hydrogens (tertiary/aromatic N) is 4. The van der Waals surface area contributed by atoms with Crippen LogP contribution < -0.4 is 10.6 Å². The topological polar surface area (TPSA) is 84.2 Å². The first-order valence-electron chi connectivity index (χ1n) is 12.1. The molecule has 0 aliphatic rings. The summed E-state index contributed by atoms with van der Waals surface area (Å²) in [7, 11) is 0. The van der Waals surface area contributed by atoms with Crippen molar-refractivity contribution in [2.75, 3.05) is 10.6 Å². The van der Waals surface area contributed by atoms with Crippen LogP contribution >= 0.6 is 11.6 Å². The number of benzene rings is 3. The van der Waals surface area contributed by atoms with Gasteiger partial charge in [0.1, 0.15) is 17.3 Å². The summed E-state index contributed by atoms with van der Waals surface area (Å²) in [5.41, 5.74) is 4.66. The lowest BCUT2D eigenvalue weighted by molar-refractivity contribution is 0.102. The molecule has 0 spiro atoms. The molecule has 0 aliphatic heterocycles. The van der Waals surface area contributed by atoms with Crippen molar-refractivity contribution in [2.24, 2.45) is 0 Å². The lowest BCUT2D eigenvalue weighted by atomic mass is 10.0. The number of fused-ring (bicyclic) bond motifs is 1. The van der Waals surface area contributed by atoms with Gasteiger partial charge in [0.25, 0.3) is 5.91 Å². The first kappa shape index (κ1) is 25.1. The Morgan fingerprint density at radius 1 is 0.850 bits per heavy atom. The van der Waals surface area contributed by atoms with E-state index in [2.05, 4.69) is 15.6 Å². The SMILES string of the molecule is O=C(Nc1cccc(-c2nn3ccccc3c2-c2ccnc(Nc3cccc(F)c3)n2)c1)c1ccc(F)cc1Cl. The summed E-state index contributed by atoms with van der Waals surface area (Å²) in [4.78, 5) is 21.8. The van der Waals surface area contributed by atoms with Crippen molar-refractivity contribution < 1.29 is 13.6 Å². The van der Waals surface area contributed by atoms with Crippen LogP contribution in [-0.4, -0.2) is 25.5 Å². The fraction of sp³-hybridized carbons (Fsp3) is 0. The van der Waals surface area contributed by atoms with E-state index in [1.807, 2.05) is 30.5 Å². The van der Waals surface area contributed by atoms with Crippen LogP contribution in [0, 0.1) is 11.6 Å². The standard InChI is InChI=1S/C30H19ClF2N6O/c31-24-17-20(33)10-11-23(24)29(40)35-21-7-3-5-18(15-21)28-27(26-9-1-2-14-39(26)38-28)25-12-13-34-30(37-25)36-22-8-4-6-19(32)16-22/h1-17H,(H,35,40)(H,34,36,37). The average molecular weight is 553 g/mol. The molecular weight excluding hydrogens is 534 g/mol. The summed E-state index contributed by atoms with van der Waals surface area (Å²) >= 11 is 6.07. The van der Waals surface area contributed by atoms with E-state index in [0.717, 1.165) is 22.7 Å². The molecule has 2 N–H and O–H groups in total. The predicted molar refractivity (Wildman–Crippen MR) is 151 cm³/mol. The average Bonchev–Trinajstić information content (AvgIpc) is 3.33. The maximum Gasteiger partial charge on any atom is 0.257 e. The highest BCUT2D eigenvalue weighted by Crippen LogP contribution is 2.35. The molecule has 0 aliphatic carbocycles. The fourth-order valence-electron chi connectivity index (χ4n) is 4.32. The van der Waals surface area contributed by atoms with Gasteiger partial charge in [-0.2, -0.15) is 5.10 Å². The van der Waals surface area contributed by atoms with Crippen molar-refractivity contribution in [1.29, 1.82) is 0 Å². The molecule has 0 unspecified atom stereocenters. The molecule has 7 nitrogen and oxygen atoms in total. The minimum absolute atomic E-state index is 0.0164. The van der Waals surface area contributed by atoms with Crippen LogP contribution in [0.1, 0.15) is 10.4 Å². The second kappa shape index (κ2) is 10.5. The van der Waals surface area contributed by atoms with Gasteiger partial charge in [0.15, 0.2) is 0 Å². The highest BCUT2D eigenvalue weighted by molar-refractivity contribution is 6.34. The zero-order chi connectivity index (χ0) is 27.6. The number of carbonyl (C=O) groups is 1. The summed E-state index contributed by atoms with van der Waals surface area (Å²) in [5, 5.41) is 10.7. The molecule has 196 valence electrons. The van der Waals surface area contributed by atoms with E-state index in [1.54, 1.807) is 47.1 Å². The highest BCUT2D eigenvalue weighted by Gasteiger charge is 2.19. The van der Waals surface area contributed by atoms with E-state index >= 15 is 0 Å². The van der Waals surface area contributed by atoms with Gasteiger partial charge >= 0.3 is 0 Å². The van der Waals surface area contributed by atoms with Gasteiger partial charge in [-0.15, -0.1) is 0 Å². The molecule has 6 rings (SSSR count). The molecule has 40 heavy (non-hydrogen) atoms. The van der Waals surface area contributed by atoms with Crippen molar-refractivity contribution in [3.8, 4) is 22.5 Å².